The molecule has 76 valence electrons. The minimum atomic E-state index is 0.726. The summed E-state index contributed by atoms with van der Waals surface area (Å²) >= 11 is 3.39. The fourth-order valence-electron chi connectivity index (χ4n) is 1.05. The minimum absolute atomic E-state index is 0.726. The van der Waals surface area contributed by atoms with Gasteiger partial charge in [0, 0.05) is 4.47 Å². The van der Waals surface area contributed by atoms with Crippen LogP contribution in [0.2, 0.25) is 0 Å². The van der Waals surface area contributed by atoms with E-state index in [1.165, 1.54) is 0 Å². The molecule has 14 heavy (non-hydrogen) atoms. The van der Waals surface area contributed by atoms with Crippen LogP contribution >= 0.6 is 15.9 Å². The van der Waals surface area contributed by atoms with Crippen molar-refractivity contribution in [1.29, 1.82) is 0 Å². The molecule has 0 aliphatic heterocycles. The van der Waals surface area contributed by atoms with Gasteiger partial charge in [0.2, 0.25) is 0 Å². The molecule has 0 radical (unpaired) electrons. The number of hydrogen-bond acceptors (Lipinski definition) is 1. The fraction of sp³-hybridized carbons (Fsp3) is 0.273. The van der Waals surface area contributed by atoms with Gasteiger partial charge in [-0.05, 0) is 24.3 Å². The zero-order valence-electron chi connectivity index (χ0n) is 8.08. The van der Waals surface area contributed by atoms with Crippen LogP contribution in [0.15, 0.2) is 41.4 Å². The predicted octanol–water partition coefficient (Wildman–Crippen LogP) is 1.58. The number of ether oxygens (including phenoxy) is 1. The quantitative estimate of drug-likeness (QED) is 0.607. The summed E-state index contributed by atoms with van der Waals surface area (Å²) < 4.78 is 6.58. The van der Waals surface area contributed by atoms with Gasteiger partial charge in [-0.25, -0.2) is 0 Å². The van der Waals surface area contributed by atoms with E-state index in [9.17, 15) is 0 Å². The molecule has 0 aromatic heterocycles. The molecule has 0 atom stereocenters. The van der Waals surface area contributed by atoms with Crippen LogP contribution in [0.5, 0.6) is 5.75 Å². The maximum Gasteiger partial charge on any atom is 0.137 e. The molecule has 1 rings (SSSR count). The van der Waals surface area contributed by atoms with Gasteiger partial charge in [-0.2, -0.15) is 0 Å². The van der Waals surface area contributed by atoms with E-state index in [0.717, 1.165) is 29.9 Å². The second kappa shape index (κ2) is 6.62. The van der Waals surface area contributed by atoms with Crippen LogP contribution in [0, 0.1) is 0 Å². The van der Waals surface area contributed by atoms with Crippen LogP contribution in [-0.4, -0.2) is 19.7 Å². The molecule has 0 aliphatic rings. The first kappa shape index (κ1) is 11.3. The normalized spacial score (nSPS) is 9.79. The molecule has 1 aromatic carbocycles. The SMILES string of the molecule is C=CC[NH2+]CCOc1cccc(Br)c1. The molecule has 0 fully saturated rings. The van der Waals surface area contributed by atoms with Crippen molar-refractivity contribution in [1.82, 2.24) is 0 Å². The lowest BCUT2D eigenvalue weighted by atomic mass is 10.3. The molecular weight excluding hydrogens is 242 g/mol. The third kappa shape index (κ3) is 4.44. The summed E-state index contributed by atoms with van der Waals surface area (Å²) in [6, 6.07) is 7.87. The Kier molecular flexibility index (Phi) is 5.33. The van der Waals surface area contributed by atoms with Gasteiger partial charge in [0.1, 0.15) is 18.9 Å². The molecule has 2 nitrogen and oxygen atoms in total. The van der Waals surface area contributed by atoms with Gasteiger partial charge in [-0.15, -0.1) is 0 Å². The predicted molar refractivity (Wildman–Crippen MR) is 61.5 cm³/mol. The van der Waals surface area contributed by atoms with E-state index in [4.69, 9.17) is 4.74 Å². The molecule has 0 unspecified atom stereocenters. The number of rotatable bonds is 6. The summed E-state index contributed by atoms with van der Waals surface area (Å²) in [5, 5.41) is 2.16. The molecule has 0 bridgehead atoms. The molecule has 0 spiro atoms. The van der Waals surface area contributed by atoms with Crippen LogP contribution in [-0.2, 0) is 0 Å². The van der Waals surface area contributed by atoms with Gasteiger partial charge >= 0.3 is 0 Å². The first-order chi connectivity index (χ1) is 6.83. The van der Waals surface area contributed by atoms with E-state index in [0.29, 0.717) is 0 Å². The zero-order chi connectivity index (χ0) is 10.2. The Bertz CT molecular complexity index is 288. The van der Waals surface area contributed by atoms with Crippen molar-refractivity contribution in [2.24, 2.45) is 0 Å². The van der Waals surface area contributed by atoms with Crippen molar-refractivity contribution in [3.63, 3.8) is 0 Å². The molecule has 0 saturated carbocycles. The summed E-state index contributed by atoms with van der Waals surface area (Å²) in [5.41, 5.74) is 0. The summed E-state index contributed by atoms with van der Waals surface area (Å²) in [5.74, 6) is 0.909. The Labute approximate surface area is 93.1 Å². The first-order valence-electron chi connectivity index (χ1n) is 4.64. The summed E-state index contributed by atoms with van der Waals surface area (Å²) in [6.07, 6.45) is 1.89. The number of nitrogens with two attached hydrogens (primary N) is 1. The summed E-state index contributed by atoms with van der Waals surface area (Å²) in [7, 11) is 0. The van der Waals surface area contributed by atoms with Crippen LogP contribution in [0.25, 0.3) is 0 Å². The number of halogens is 1. The van der Waals surface area contributed by atoms with Gasteiger partial charge in [0.05, 0.1) is 6.54 Å². The van der Waals surface area contributed by atoms with Gasteiger partial charge in [-0.3, -0.25) is 0 Å². The maximum atomic E-state index is 5.54. The Morgan fingerprint density at radius 1 is 1.50 bits per heavy atom. The molecule has 3 heteroatoms. The lowest BCUT2D eigenvalue weighted by Gasteiger charge is -2.04. The van der Waals surface area contributed by atoms with Crippen LogP contribution in [0.1, 0.15) is 0 Å². The highest BCUT2D eigenvalue weighted by Gasteiger charge is 1.94. The highest BCUT2D eigenvalue weighted by molar-refractivity contribution is 9.10. The molecule has 2 N–H and O–H groups in total. The molecule has 1 aromatic rings. The average molecular weight is 257 g/mol. The molecule has 0 saturated heterocycles. The highest BCUT2D eigenvalue weighted by atomic mass is 79.9. The minimum Gasteiger partial charge on any atom is -0.488 e. The van der Waals surface area contributed by atoms with Crippen molar-refractivity contribution < 1.29 is 10.1 Å². The maximum absolute atomic E-state index is 5.54. The molecule has 0 amide bonds. The lowest BCUT2D eigenvalue weighted by Crippen LogP contribution is -2.85. The topological polar surface area (TPSA) is 25.8 Å². The van der Waals surface area contributed by atoms with Crippen molar-refractivity contribution in [2.75, 3.05) is 19.7 Å². The standard InChI is InChI=1S/C11H14BrNO/c1-2-6-13-7-8-14-11-5-3-4-10(12)9-11/h2-5,9,13H,1,6-8H2/p+1. The van der Waals surface area contributed by atoms with Crippen molar-refractivity contribution in [3.8, 4) is 5.75 Å². The number of quaternary nitrogens is 1. The van der Waals surface area contributed by atoms with Crippen LogP contribution in [0.4, 0.5) is 0 Å². The third-order valence-electron chi connectivity index (χ3n) is 1.72. The van der Waals surface area contributed by atoms with Crippen molar-refractivity contribution in [3.05, 3.63) is 41.4 Å². The highest BCUT2D eigenvalue weighted by Crippen LogP contribution is 2.17. The first-order valence-corrected chi connectivity index (χ1v) is 5.43. The van der Waals surface area contributed by atoms with E-state index in [-0.39, 0.29) is 0 Å². The van der Waals surface area contributed by atoms with Crippen LogP contribution in [0.3, 0.4) is 0 Å². The Morgan fingerprint density at radius 3 is 3.07 bits per heavy atom. The van der Waals surface area contributed by atoms with Crippen molar-refractivity contribution >= 4 is 15.9 Å². The van der Waals surface area contributed by atoms with Gasteiger partial charge in [0.25, 0.3) is 0 Å². The second-order valence-corrected chi connectivity index (χ2v) is 3.82. The summed E-state index contributed by atoms with van der Waals surface area (Å²) in [4.78, 5) is 0. The van der Waals surface area contributed by atoms with Crippen LogP contribution < -0.4 is 10.1 Å². The monoisotopic (exact) mass is 256 g/mol. The molecular formula is C11H15BrNO+. The molecule has 0 heterocycles. The largest absolute Gasteiger partial charge is 0.488 e. The number of hydrogen-bond donors (Lipinski definition) is 1. The van der Waals surface area contributed by atoms with E-state index in [1.54, 1.807) is 0 Å². The second-order valence-electron chi connectivity index (χ2n) is 2.91. The Balaban J connectivity index is 2.21. The summed E-state index contributed by atoms with van der Waals surface area (Å²) in [6.45, 7) is 6.28. The third-order valence-corrected chi connectivity index (χ3v) is 2.21. The van der Waals surface area contributed by atoms with Gasteiger partial charge in [-0.1, -0.05) is 28.6 Å². The number of benzene rings is 1. The van der Waals surface area contributed by atoms with Gasteiger partial charge < -0.3 is 10.1 Å². The van der Waals surface area contributed by atoms with E-state index in [2.05, 4.69) is 27.8 Å². The smallest absolute Gasteiger partial charge is 0.137 e. The van der Waals surface area contributed by atoms with Crippen molar-refractivity contribution in [2.45, 2.75) is 0 Å². The average Bonchev–Trinajstić information content (AvgIpc) is 2.18. The zero-order valence-corrected chi connectivity index (χ0v) is 9.66. The Hall–Kier alpha value is -0.800. The Morgan fingerprint density at radius 2 is 2.36 bits per heavy atom. The van der Waals surface area contributed by atoms with Gasteiger partial charge in [0.15, 0.2) is 0 Å². The van der Waals surface area contributed by atoms with E-state index >= 15 is 0 Å². The van der Waals surface area contributed by atoms with E-state index in [1.807, 2.05) is 30.3 Å². The lowest BCUT2D eigenvalue weighted by molar-refractivity contribution is -0.646. The molecule has 0 aliphatic carbocycles. The van der Waals surface area contributed by atoms with E-state index < -0.39 is 0 Å². The fourth-order valence-corrected chi connectivity index (χ4v) is 1.43.